The molecule has 5 nitrogen and oxygen atoms in total. The highest BCUT2D eigenvalue weighted by Gasteiger charge is 2.26. The van der Waals surface area contributed by atoms with Gasteiger partial charge in [-0.2, -0.15) is 0 Å². The molecular formula is C13H25N3O2. The maximum atomic E-state index is 11.5. The van der Waals surface area contributed by atoms with E-state index in [0.717, 1.165) is 0 Å². The van der Waals surface area contributed by atoms with E-state index < -0.39 is 0 Å². The highest BCUT2D eigenvalue weighted by molar-refractivity contribution is 5.85. The summed E-state index contributed by atoms with van der Waals surface area (Å²) in [4.78, 5) is 22.3. The van der Waals surface area contributed by atoms with E-state index in [0.29, 0.717) is 17.9 Å². The third-order valence-corrected chi connectivity index (χ3v) is 3.68. The second kappa shape index (κ2) is 6.73. The summed E-state index contributed by atoms with van der Waals surface area (Å²) in [5.41, 5.74) is 5.58. The standard InChI is InChI=1S/C13H25N3O2/c1-13(2)5-3-10(4-6-13)8-15-12(18)9-16-11(17)7-14/h10H,3-9,14H2,1-2H3,(H,15,18)(H,16,17). The van der Waals surface area contributed by atoms with Gasteiger partial charge in [-0.25, -0.2) is 0 Å². The largest absolute Gasteiger partial charge is 0.354 e. The third-order valence-electron chi connectivity index (χ3n) is 3.68. The zero-order valence-electron chi connectivity index (χ0n) is 11.4. The van der Waals surface area contributed by atoms with E-state index in [1.165, 1.54) is 25.7 Å². The lowest BCUT2D eigenvalue weighted by Gasteiger charge is -2.34. The summed E-state index contributed by atoms with van der Waals surface area (Å²) in [7, 11) is 0. The van der Waals surface area contributed by atoms with Crippen LogP contribution >= 0.6 is 0 Å². The third kappa shape index (κ3) is 5.49. The average molecular weight is 255 g/mol. The highest BCUT2D eigenvalue weighted by Crippen LogP contribution is 2.37. The lowest BCUT2D eigenvalue weighted by molar-refractivity contribution is -0.125. The monoisotopic (exact) mass is 255 g/mol. The predicted octanol–water partition coefficient (Wildman–Crippen LogP) is 0.394. The Balaban J connectivity index is 2.14. The van der Waals surface area contributed by atoms with Gasteiger partial charge in [0.2, 0.25) is 11.8 Å². The molecular weight excluding hydrogens is 230 g/mol. The fraction of sp³-hybridized carbons (Fsp3) is 0.846. The van der Waals surface area contributed by atoms with Gasteiger partial charge in [-0.1, -0.05) is 13.8 Å². The van der Waals surface area contributed by atoms with Crippen LogP contribution in [0.2, 0.25) is 0 Å². The van der Waals surface area contributed by atoms with Crippen LogP contribution in [0.4, 0.5) is 0 Å². The van der Waals surface area contributed by atoms with Gasteiger partial charge in [-0.15, -0.1) is 0 Å². The van der Waals surface area contributed by atoms with Crippen molar-refractivity contribution in [1.82, 2.24) is 10.6 Å². The van der Waals surface area contributed by atoms with Gasteiger partial charge in [0.25, 0.3) is 0 Å². The molecule has 0 saturated heterocycles. The molecule has 1 rings (SSSR count). The van der Waals surface area contributed by atoms with Crippen molar-refractivity contribution in [3.8, 4) is 0 Å². The van der Waals surface area contributed by atoms with Crippen LogP contribution in [0.1, 0.15) is 39.5 Å². The van der Waals surface area contributed by atoms with Gasteiger partial charge in [0, 0.05) is 6.54 Å². The molecule has 0 atom stereocenters. The Morgan fingerprint density at radius 3 is 2.33 bits per heavy atom. The van der Waals surface area contributed by atoms with Crippen LogP contribution in [0.3, 0.4) is 0 Å². The summed E-state index contributed by atoms with van der Waals surface area (Å²) < 4.78 is 0. The van der Waals surface area contributed by atoms with E-state index in [9.17, 15) is 9.59 Å². The molecule has 1 saturated carbocycles. The molecule has 104 valence electrons. The van der Waals surface area contributed by atoms with E-state index in [4.69, 9.17) is 5.73 Å². The van der Waals surface area contributed by atoms with Crippen LogP contribution in [0.5, 0.6) is 0 Å². The summed E-state index contributed by atoms with van der Waals surface area (Å²) in [5, 5.41) is 5.32. The molecule has 0 aromatic carbocycles. The molecule has 4 N–H and O–H groups in total. The molecule has 0 unspecified atom stereocenters. The Morgan fingerprint density at radius 1 is 1.17 bits per heavy atom. The topological polar surface area (TPSA) is 84.2 Å². The Labute approximate surface area is 109 Å². The van der Waals surface area contributed by atoms with Gasteiger partial charge in [-0.3, -0.25) is 9.59 Å². The first-order valence-electron chi connectivity index (χ1n) is 6.66. The quantitative estimate of drug-likeness (QED) is 0.664. The Hall–Kier alpha value is -1.10. The first-order valence-corrected chi connectivity index (χ1v) is 6.66. The molecule has 0 aromatic rings. The zero-order valence-corrected chi connectivity index (χ0v) is 11.4. The normalized spacial score (nSPS) is 19.3. The number of nitrogens with two attached hydrogens (primary N) is 1. The van der Waals surface area contributed by atoms with Crippen molar-refractivity contribution in [3.63, 3.8) is 0 Å². The van der Waals surface area contributed by atoms with Crippen molar-refractivity contribution in [2.24, 2.45) is 17.1 Å². The Bertz CT molecular complexity index is 293. The lowest BCUT2D eigenvalue weighted by atomic mass is 9.73. The minimum Gasteiger partial charge on any atom is -0.354 e. The molecule has 1 aliphatic carbocycles. The molecule has 1 aliphatic rings. The van der Waals surface area contributed by atoms with Gasteiger partial charge in [-0.05, 0) is 37.0 Å². The number of amides is 2. The number of hydrogen-bond donors (Lipinski definition) is 3. The van der Waals surface area contributed by atoms with E-state index in [2.05, 4.69) is 24.5 Å². The molecule has 0 spiro atoms. The van der Waals surface area contributed by atoms with Crippen molar-refractivity contribution in [1.29, 1.82) is 0 Å². The van der Waals surface area contributed by atoms with E-state index in [1.54, 1.807) is 0 Å². The van der Waals surface area contributed by atoms with Crippen LogP contribution in [0.15, 0.2) is 0 Å². The summed E-state index contributed by atoms with van der Waals surface area (Å²) in [5.74, 6) is 0.137. The average Bonchev–Trinajstić information content (AvgIpc) is 2.34. The van der Waals surface area contributed by atoms with Crippen molar-refractivity contribution in [3.05, 3.63) is 0 Å². The van der Waals surface area contributed by atoms with Gasteiger partial charge in [0.05, 0.1) is 13.1 Å². The predicted molar refractivity (Wildman–Crippen MR) is 70.8 cm³/mol. The number of nitrogens with one attached hydrogen (secondary N) is 2. The molecule has 0 aromatic heterocycles. The molecule has 18 heavy (non-hydrogen) atoms. The first kappa shape index (κ1) is 15.0. The van der Waals surface area contributed by atoms with Gasteiger partial charge in [0.15, 0.2) is 0 Å². The molecule has 0 radical (unpaired) electrons. The molecule has 0 bridgehead atoms. The van der Waals surface area contributed by atoms with Crippen LogP contribution < -0.4 is 16.4 Å². The molecule has 1 fully saturated rings. The van der Waals surface area contributed by atoms with Crippen molar-refractivity contribution in [2.45, 2.75) is 39.5 Å². The summed E-state index contributed by atoms with van der Waals surface area (Å²) in [6.07, 6.45) is 4.78. The number of carbonyl (C=O) groups is 2. The first-order chi connectivity index (χ1) is 8.43. The maximum Gasteiger partial charge on any atom is 0.239 e. The summed E-state index contributed by atoms with van der Waals surface area (Å²) in [6, 6.07) is 0. The molecule has 0 heterocycles. The van der Waals surface area contributed by atoms with Gasteiger partial charge in [0.1, 0.15) is 0 Å². The van der Waals surface area contributed by atoms with Crippen molar-refractivity contribution in [2.75, 3.05) is 19.6 Å². The second-order valence-electron chi connectivity index (χ2n) is 5.89. The Morgan fingerprint density at radius 2 is 1.78 bits per heavy atom. The van der Waals surface area contributed by atoms with E-state index in [-0.39, 0.29) is 24.9 Å². The SMILES string of the molecule is CC1(C)CCC(CNC(=O)CNC(=O)CN)CC1. The summed E-state index contributed by atoms with van der Waals surface area (Å²) in [6.45, 7) is 5.25. The minimum absolute atomic E-state index is 0.0221. The number of rotatable bonds is 5. The number of carbonyl (C=O) groups excluding carboxylic acids is 2. The van der Waals surface area contributed by atoms with Crippen LogP contribution in [-0.2, 0) is 9.59 Å². The lowest BCUT2D eigenvalue weighted by Crippen LogP contribution is -2.41. The molecule has 2 amide bonds. The smallest absolute Gasteiger partial charge is 0.239 e. The van der Waals surface area contributed by atoms with E-state index in [1.807, 2.05) is 0 Å². The van der Waals surface area contributed by atoms with Gasteiger partial charge >= 0.3 is 0 Å². The van der Waals surface area contributed by atoms with Crippen LogP contribution in [0, 0.1) is 11.3 Å². The van der Waals surface area contributed by atoms with Crippen molar-refractivity contribution >= 4 is 11.8 Å². The zero-order chi connectivity index (χ0) is 13.6. The van der Waals surface area contributed by atoms with Gasteiger partial charge < -0.3 is 16.4 Å². The van der Waals surface area contributed by atoms with Crippen LogP contribution in [0.25, 0.3) is 0 Å². The molecule has 0 aliphatic heterocycles. The van der Waals surface area contributed by atoms with Crippen molar-refractivity contribution < 1.29 is 9.59 Å². The fourth-order valence-electron chi connectivity index (χ4n) is 2.23. The van der Waals surface area contributed by atoms with Crippen LogP contribution in [-0.4, -0.2) is 31.4 Å². The summed E-state index contributed by atoms with van der Waals surface area (Å²) >= 11 is 0. The van der Waals surface area contributed by atoms with E-state index >= 15 is 0 Å². The Kier molecular flexibility index (Phi) is 5.59. The second-order valence-corrected chi connectivity index (χ2v) is 5.89. The minimum atomic E-state index is -0.301. The number of hydrogen-bond acceptors (Lipinski definition) is 3. The fourth-order valence-corrected chi connectivity index (χ4v) is 2.23. The highest BCUT2D eigenvalue weighted by atomic mass is 16.2. The maximum absolute atomic E-state index is 11.5. The molecule has 5 heteroatoms.